The Kier molecular flexibility index (Phi) is 5.97. The van der Waals surface area contributed by atoms with Crippen molar-refractivity contribution in [3.8, 4) is 0 Å². The number of methoxy groups -OCH3 is 1. The van der Waals surface area contributed by atoms with Crippen LogP contribution in [0.4, 0.5) is 0 Å². The van der Waals surface area contributed by atoms with Crippen molar-refractivity contribution in [1.29, 1.82) is 0 Å². The summed E-state index contributed by atoms with van der Waals surface area (Å²) >= 11 is 5.90. The molecule has 1 unspecified atom stereocenters. The van der Waals surface area contributed by atoms with Gasteiger partial charge in [-0.25, -0.2) is 0 Å². The largest absolute Gasteiger partial charge is 0.375 e. The summed E-state index contributed by atoms with van der Waals surface area (Å²) in [4.78, 5) is 11.3. The van der Waals surface area contributed by atoms with Crippen LogP contribution >= 0.6 is 11.6 Å². The fourth-order valence-electron chi connectivity index (χ4n) is 1.47. The molecule has 0 fully saturated rings. The van der Waals surface area contributed by atoms with Gasteiger partial charge in [-0.3, -0.25) is 4.79 Å². The standard InChI is InChI=1S/C12H17ClN2O2/c1-17-11(8-15-12(16)5-6-14)9-3-2-4-10(13)7-9/h2-4,7,11H,5-6,8,14H2,1H3,(H,15,16). The molecule has 94 valence electrons. The molecule has 5 heteroatoms. The summed E-state index contributed by atoms with van der Waals surface area (Å²) in [6, 6.07) is 7.39. The van der Waals surface area contributed by atoms with Gasteiger partial charge in [0.1, 0.15) is 0 Å². The molecule has 0 aliphatic carbocycles. The second-order valence-electron chi connectivity index (χ2n) is 3.62. The topological polar surface area (TPSA) is 64.3 Å². The molecular formula is C12H17ClN2O2. The minimum atomic E-state index is -0.199. The highest BCUT2D eigenvalue weighted by Gasteiger charge is 2.11. The van der Waals surface area contributed by atoms with Crippen LogP contribution in [0.15, 0.2) is 24.3 Å². The van der Waals surface area contributed by atoms with Gasteiger partial charge in [0.25, 0.3) is 0 Å². The minimum Gasteiger partial charge on any atom is -0.375 e. The van der Waals surface area contributed by atoms with Crippen LogP contribution in [-0.4, -0.2) is 26.1 Å². The molecule has 0 aliphatic rings. The van der Waals surface area contributed by atoms with Crippen molar-refractivity contribution in [1.82, 2.24) is 5.32 Å². The third-order valence-corrected chi connectivity index (χ3v) is 2.60. The van der Waals surface area contributed by atoms with Gasteiger partial charge >= 0.3 is 0 Å². The third-order valence-electron chi connectivity index (χ3n) is 2.36. The number of nitrogens with two attached hydrogens (primary N) is 1. The fourth-order valence-corrected chi connectivity index (χ4v) is 1.67. The summed E-state index contributed by atoms with van der Waals surface area (Å²) in [6.07, 6.45) is 0.127. The average Bonchev–Trinajstić information content (AvgIpc) is 2.30. The van der Waals surface area contributed by atoms with E-state index in [1.54, 1.807) is 13.2 Å². The Morgan fingerprint density at radius 1 is 1.59 bits per heavy atom. The van der Waals surface area contributed by atoms with Crippen LogP contribution in [0.1, 0.15) is 18.1 Å². The smallest absolute Gasteiger partial charge is 0.221 e. The first-order valence-electron chi connectivity index (χ1n) is 5.42. The highest BCUT2D eigenvalue weighted by Crippen LogP contribution is 2.19. The number of hydrogen-bond acceptors (Lipinski definition) is 3. The minimum absolute atomic E-state index is 0.0726. The summed E-state index contributed by atoms with van der Waals surface area (Å²) in [5, 5.41) is 3.42. The van der Waals surface area contributed by atoms with Gasteiger partial charge in [0.15, 0.2) is 0 Å². The molecule has 3 N–H and O–H groups in total. The molecule has 0 saturated carbocycles. The first-order chi connectivity index (χ1) is 8.17. The number of ether oxygens (including phenoxy) is 1. The Bertz CT molecular complexity index is 371. The first-order valence-corrected chi connectivity index (χ1v) is 5.80. The molecule has 0 spiro atoms. The zero-order valence-corrected chi connectivity index (χ0v) is 10.5. The summed E-state index contributed by atoms with van der Waals surface area (Å²) in [5.41, 5.74) is 6.23. The van der Waals surface area contributed by atoms with Crippen molar-refractivity contribution in [3.05, 3.63) is 34.9 Å². The second kappa shape index (κ2) is 7.27. The van der Waals surface area contributed by atoms with E-state index in [0.29, 0.717) is 24.5 Å². The summed E-state index contributed by atoms with van der Waals surface area (Å²) in [6.45, 7) is 0.760. The number of amides is 1. The summed E-state index contributed by atoms with van der Waals surface area (Å²) < 4.78 is 5.32. The molecule has 0 radical (unpaired) electrons. The van der Waals surface area contributed by atoms with E-state index < -0.39 is 0 Å². The van der Waals surface area contributed by atoms with E-state index in [1.807, 2.05) is 18.2 Å². The Morgan fingerprint density at radius 2 is 2.35 bits per heavy atom. The van der Waals surface area contributed by atoms with E-state index in [-0.39, 0.29) is 12.0 Å². The third kappa shape index (κ3) is 4.73. The molecular weight excluding hydrogens is 240 g/mol. The number of carbonyl (C=O) groups excluding carboxylic acids is 1. The first kappa shape index (κ1) is 14.0. The molecule has 1 rings (SSSR count). The van der Waals surface area contributed by atoms with Crippen molar-refractivity contribution in [3.63, 3.8) is 0 Å². The van der Waals surface area contributed by atoms with Gasteiger partial charge < -0.3 is 15.8 Å². The fraction of sp³-hybridized carbons (Fsp3) is 0.417. The number of nitrogens with one attached hydrogen (secondary N) is 1. The lowest BCUT2D eigenvalue weighted by Gasteiger charge is -2.16. The maximum absolute atomic E-state index is 11.3. The predicted molar refractivity (Wildman–Crippen MR) is 67.9 cm³/mol. The number of hydrogen-bond donors (Lipinski definition) is 2. The van der Waals surface area contributed by atoms with Gasteiger partial charge in [-0.2, -0.15) is 0 Å². The van der Waals surface area contributed by atoms with Gasteiger partial charge in [0.05, 0.1) is 6.10 Å². The molecule has 4 nitrogen and oxygen atoms in total. The molecule has 0 aliphatic heterocycles. The molecule has 1 aromatic rings. The van der Waals surface area contributed by atoms with Gasteiger partial charge in [-0.15, -0.1) is 0 Å². The molecule has 0 saturated heterocycles. The quantitative estimate of drug-likeness (QED) is 0.811. The van der Waals surface area contributed by atoms with Gasteiger partial charge in [-0.05, 0) is 17.7 Å². The molecule has 1 aromatic carbocycles. The van der Waals surface area contributed by atoms with Crippen molar-refractivity contribution in [2.45, 2.75) is 12.5 Å². The van der Waals surface area contributed by atoms with E-state index in [4.69, 9.17) is 22.1 Å². The molecule has 0 bridgehead atoms. The van der Waals surface area contributed by atoms with Crippen LogP contribution in [0.2, 0.25) is 5.02 Å². The second-order valence-corrected chi connectivity index (χ2v) is 4.06. The maximum Gasteiger partial charge on any atom is 0.221 e. The number of benzene rings is 1. The summed E-state index contributed by atoms with van der Waals surface area (Å²) in [7, 11) is 1.60. The monoisotopic (exact) mass is 256 g/mol. The van der Waals surface area contributed by atoms with E-state index in [1.165, 1.54) is 0 Å². The lowest BCUT2D eigenvalue weighted by Crippen LogP contribution is -2.30. The van der Waals surface area contributed by atoms with Crippen LogP contribution in [-0.2, 0) is 9.53 Å². The number of halogens is 1. The number of carbonyl (C=O) groups is 1. The van der Waals surface area contributed by atoms with Gasteiger partial charge in [0, 0.05) is 31.6 Å². The predicted octanol–water partition coefficient (Wildman–Crippen LogP) is 1.49. The Hall–Kier alpha value is -1.10. The van der Waals surface area contributed by atoms with Crippen molar-refractivity contribution >= 4 is 17.5 Å². The Labute approximate surface area is 106 Å². The van der Waals surface area contributed by atoms with Crippen LogP contribution in [0.5, 0.6) is 0 Å². The van der Waals surface area contributed by atoms with Crippen molar-refractivity contribution in [2.75, 3.05) is 20.2 Å². The highest BCUT2D eigenvalue weighted by molar-refractivity contribution is 6.30. The SMILES string of the molecule is COC(CNC(=O)CCN)c1cccc(Cl)c1. The zero-order valence-electron chi connectivity index (χ0n) is 9.78. The molecule has 0 aromatic heterocycles. The van der Waals surface area contributed by atoms with E-state index in [2.05, 4.69) is 5.32 Å². The van der Waals surface area contributed by atoms with E-state index in [0.717, 1.165) is 5.56 Å². The van der Waals surface area contributed by atoms with Crippen LogP contribution in [0.25, 0.3) is 0 Å². The lowest BCUT2D eigenvalue weighted by molar-refractivity contribution is -0.121. The van der Waals surface area contributed by atoms with Gasteiger partial charge in [0.2, 0.25) is 5.91 Å². The van der Waals surface area contributed by atoms with Gasteiger partial charge in [-0.1, -0.05) is 23.7 Å². The van der Waals surface area contributed by atoms with Crippen molar-refractivity contribution < 1.29 is 9.53 Å². The van der Waals surface area contributed by atoms with Crippen LogP contribution < -0.4 is 11.1 Å². The Balaban J connectivity index is 2.57. The molecule has 1 atom stereocenters. The molecule has 17 heavy (non-hydrogen) atoms. The number of rotatable bonds is 6. The zero-order chi connectivity index (χ0) is 12.7. The van der Waals surface area contributed by atoms with E-state index >= 15 is 0 Å². The van der Waals surface area contributed by atoms with E-state index in [9.17, 15) is 4.79 Å². The van der Waals surface area contributed by atoms with Crippen LogP contribution in [0, 0.1) is 0 Å². The average molecular weight is 257 g/mol. The summed E-state index contributed by atoms with van der Waals surface area (Å²) in [5.74, 6) is -0.0726. The molecule has 0 heterocycles. The highest BCUT2D eigenvalue weighted by atomic mass is 35.5. The van der Waals surface area contributed by atoms with Crippen LogP contribution in [0.3, 0.4) is 0 Å². The normalized spacial score (nSPS) is 12.2. The lowest BCUT2D eigenvalue weighted by atomic mass is 10.1. The Morgan fingerprint density at radius 3 is 2.94 bits per heavy atom. The maximum atomic E-state index is 11.3. The molecule has 1 amide bonds. The van der Waals surface area contributed by atoms with Crippen molar-refractivity contribution in [2.24, 2.45) is 5.73 Å².